The molecule has 0 aromatic heterocycles. The molecule has 1 aromatic rings. The van der Waals surface area contributed by atoms with Crippen LogP contribution >= 0.6 is 0 Å². The predicted molar refractivity (Wildman–Crippen MR) is 65.5 cm³/mol. The van der Waals surface area contributed by atoms with E-state index in [9.17, 15) is 4.79 Å². The summed E-state index contributed by atoms with van der Waals surface area (Å²) in [5.41, 5.74) is 0.497. The van der Waals surface area contributed by atoms with Crippen LogP contribution in [0.15, 0.2) is 18.2 Å². The van der Waals surface area contributed by atoms with Gasteiger partial charge in [-0.3, -0.25) is 4.79 Å². The molecule has 4 nitrogen and oxygen atoms in total. The maximum atomic E-state index is 11.9. The number of rotatable bonds is 4. The molecule has 1 amide bonds. The first-order chi connectivity index (χ1) is 8.09. The number of ether oxygens (including phenoxy) is 2. The summed E-state index contributed by atoms with van der Waals surface area (Å²) < 4.78 is 10.3. The number of methoxy groups -OCH3 is 2. The Kier molecular flexibility index (Phi) is 2.96. The highest BCUT2D eigenvalue weighted by molar-refractivity contribution is 5.98. The minimum absolute atomic E-state index is 0.0565. The van der Waals surface area contributed by atoms with Crippen LogP contribution < -0.4 is 14.8 Å². The summed E-state index contributed by atoms with van der Waals surface area (Å²) >= 11 is 0. The Morgan fingerprint density at radius 3 is 2.53 bits per heavy atom. The number of amides is 1. The smallest absolute Gasteiger partial charge is 0.230 e. The number of hydrogen-bond donors (Lipinski definition) is 1. The molecule has 0 atom stereocenters. The van der Waals surface area contributed by atoms with Crippen molar-refractivity contribution in [2.75, 3.05) is 19.5 Å². The van der Waals surface area contributed by atoms with Crippen LogP contribution in [0, 0.1) is 5.41 Å². The van der Waals surface area contributed by atoms with Crippen LogP contribution in [0.4, 0.5) is 5.69 Å². The molecule has 0 spiro atoms. The number of hydrogen-bond acceptors (Lipinski definition) is 3. The van der Waals surface area contributed by atoms with Crippen molar-refractivity contribution in [1.29, 1.82) is 0 Å². The number of benzene rings is 1. The summed E-state index contributed by atoms with van der Waals surface area (Å²) in [6, 6.07) is 5.35. The lowest BCUT2D eigenvalue weighted by Crippen LogP contribution is -2.21. The topological polar surface area (TPSA) is 47.6 Å². The quantitative estimate of drug-likeness (QED) is 0.872. The molecule has 1 aliphatic carbocycles. The number of carbonyl (C=O) groups excluding carboxylic acids is 1. The molecule has 1 fully saturated rings. The third-order valence-corrected chi connectivity index (χ3v) is 3.21. The highest BCUT2D eigenvalue weighted by Gasteiger charge is 2.45. The molecule has 0 heterocycles. The molecule has 17 heavy (non-hydrogen) atoms. The Hall–Kier alpha value is -1.71. The Bertz CT molecular complexity index is 438. The molecule has 1 N–H and O–H groups in total. The van der Waals surface area contributed by atoms with Crippen molar-refractivity contribution in [2.24, 2.45) is 5.41 Å². The van der Waals surface area contributed by atoms with E-state index in [1.54, 1.807) is 32.4 Å². The van der Waals surface area contributed by atoms with Crippen molar-refractivity contribution in [3.8, 4) is 11.5 Å². The van der Waals surface area contributed by atoms with Crippen molar-refractivity contribution >= 4 is 11.6 Å². The second kappa shape index (κ2) is 4.28. The second-order valence-electron chi connectivity index (χ2n) is 4.58. The van der Waals surface area contributed by atoms with Crippen LogP contribution in [-0.4, -0.2) is 20.1 Å². The fourth-order valence-electron chi connectivity index (χ4n) is 1.59. The van der Waals surface area contributed by atoms with Gasteiger partial charge in [0.15, 0.2) is 0 Å². The zero-order valence-corrected chi connectivity index (χ0v) is 10.4. The Morgan fingerprint density at radius 2 is 2.00 bits per heavy atom. The van der Waals surface area contributed by atoms with Crippen LogP contribution in [0.5, 0.6) is 11.5 Å². The van der Waals surface area contributed by atoms with Gasteiger partial charge in [0, 0.05) is 11.5 Å². The number of carbonyl (C=O) groups is 1. The minimum Gasteiger partial charge on any atom is -0.497 e. The van der Waals surface area contributed by atoms with Gasteiger partial charge in [0.2, 0.25) is 5.91 Å². The molecule has 92 valence electrons. The highest BCUT2D eigenvalue weighted by Crippen LogP contribution is 2.46. The van der Waals surface area contributed by atoms with E-state index in [4.69, 9.17) is 9.47 Å². The third-order valence-electron chi connectivity index (χ3n) is 3.21. The van der Waals surface area contributed by atoms with Gasteiger partial charge in [-0.2, -0.15) is 0 Å². The van der Waals surface area contributed by atoms with Gasteiger partial charge in [0.05, 0.1) is 19.9 Å². The Morgan fingerprint density at radius 1 is 1.29 bits per heavy atom. The lowest BCUT2D eigenvalue weighted by atomic mass is 10.1. The summed E-state index contributed by atoms with van der Waals surface area (Å²) in [5, 5.41) is 2.90. The van der Waals surface area contributed by atoms with Gasteiger partial charge >= 0.3 is 0 Å². The Balaban J connectivity index is 2.17. The van der Waals surface area contributed by atoms with Gasteiger partial charge in [0.25, 0.3) is 0 Å². The second-order valence-corrected chi connectivity index (χ2v) is 4.58. The van der Waals surface area contributed by atoms with Crippen molar-refractivity contribution in [3.63, 3.8) is 0 Å². The first-order valence-corrected chi connectivity index (χ1v) is 5.62. The van der Waals surface area contributed by atoms with Crippen LogP contribution in [0.25, 0.3) is 0 Å². The van der Waals surface area contributed by atoms with E-state index in [2.05, 4.69) is 5.32 Å². The van der Waals surface area contributed by atoms with Crippen LogP contribution in [-0.2, 0) is 4.79 Å². The summed E-state index contributed by atoms with van der Waals surface area (Å²) in [5.74, 6) is 1.38. The SMILES string of the molecule is COc1ccc(NC(=O)C2(C)CC2)c(OC)c1. The highest BCUT2D eigenvalue weighted by atomic mass is 16.5. The third kappa shape index (κ3) is 2.35. The van der Waals surface area contributed by atoms with Gasteiger partial charge < -0.3 is 14.8 Å². The van der Waals surface area contributed by atoms with Gasteiger partial charge in [-0.1, -0.05) is 6.92 Å². The lowest BCUT2D eigenvalue weighted by molar-refractivity contribution is -0.120. The van der Waals surface area contributed by atoms with E-state index < -0.39 is 0 Å². The lowest BCUT2D eigenvalue weighted by Gasteiger charge is -2.14. The van der Waals surface area contributed by atoms with Crippen molar-refractivity contribution < 1.29 is 14.3 Å². The average molecular weight is 235 g/mol. The molecule has 2 rings (SSSR count). The largest absolute Gasteiger partial charge is 0.497 e. The van der Waals surface area contributed by atoms with Crippen molar-refractivity contribution in [1.82, 2.24) is 0 Å². The van der Waals surface area contributed by atoms with Crippen LogP contribution in [0.3, 0.4) is 0 Å². The molecular formula is C13H17NO3. The molecule has 0 unspecified atom stereocenters. The maximum absolute atomic E-state index is 11.9. The molecule has 0 bridgehead atoms. The molecule has 0 saturated heterocycles. The van der Waals surface area contributed by atoms with Crippen LogP contribution in [0.1, 0.15) is 19.8 Å². The fourth-order valence-corrected chi connectivity index (χ4v) is 1.59. The maximum Gasteiger partial charge on any atom is 0.230 e. The predicted octanol–water partition coefficient (Wildman–Crippen LogP) is 2.44. The molecule has 4 heteroatoms. The van der Waals surface area contributed by atoms with Gasteiger partial charge in [-0.25, -0.2) is 0 Å². The summed E-state index contributed by atoms with van der Waals surface area (Å²) in [6.07, 6.45) is 1.91. The van der Waals surface area contributed by atoms with Crippen LogP contribution in [0.2, 0.25) is 0 Å². The van der Waals surface area contributed by atoms with Crippen molar-refractivity contribution in [2.45, 2.75) is 19.8 Å². The molecule has 0 aliphatic heterocycles. The zero-order chi connectivity index (χ0) is 12.5. The van der Waals surface area contributed by atoms with Gasteiger partial charge in [-0.15, -0.1) is 0 Å². The van der Waals surface area contributed by atoms with E-state index in [1.165, 1.54) is 0 Å². The molecule has 1 aliphatic rings. The Labute approximate surface area is 101 Å². The summed E-state index contributed by atoms with van der Waals surface area (Å²) in [6.45, 7) is 1.97. The standard InChI is InChI=1S/C13H17NO3/c1-13(6-7-13)12(15)14-10-5-4-9(16-2)8-11(10)17-3/h4-5,8H,6-7H2,1-3H3,(H,14,15). The monoisotopic (exact) mass is 235 g/mol. The van der Waals surface area contributed by atoms with Crippen molar-refractivity contribution in [3.05, 3.63) is 18.2 Å². The zero-order valence-electron chi connectivity index (χ0n) is 10.4. The molecule has 1 saturated carbocycles. The van der Waals surface area contributed by atoms with Gasteiger partial charge in [-0.05, 0) is 25.0 Å². The first kappa shape index (κ1) is 11.8. The number of anilines is 1. The molecule has 0 radical (unpaired) electrons. The normalized spacial score (nSPS) is 16.2. The summed E-state index contributed by atoms with van der Waals surface area (Å²) in [7, 11) is 3.17. The van der Waals surface area contributed by atoms with Gasteiger partial charge in [0.1, 0.15) is 11.5 Å². The minimum atomic E-state index is -0.190. The molecular weight excluding hydrogens is 218 g/mol. The van der Waals surface area contributed by atoms with E-state index in [-0.39, 0.29) is 11.3 Å². The van der Waals surface area contributed by atoms with E-state index in [1.807, 2.05) is 6.92 Å². The first-order valence-electron chi connectivity index (χ1n) is 5.62. The van der Waals surface area contributed by atoms with E-state index in [0.717, 1.165) is 12.8 Å². The summed E-state index contributed by atoms with van der Waals surface area (Å²) in [4.78, 5) is 11.9. The average Bonchev–Trinajstić information content (AvgIpc) is 3.09. The van der Waals surface area contributed by atoms with E-state index >= 15 is 0 Å². The fraction of sp³-hybridized carbons (Fsp3) is 0.462. The molecule has 1 aromatic carbocycles. The van der Waals surface area contributed by atoms with E-state index in [0.29, 0.717) is 17.2 Å². The number of nitrogens with one attached hydrogen (secondary N) is 1.